The van der Waals surface area contributed by atoms with E-state index in [1.165, 1.54) is 0 Å². The fourth-order valence-electron chi connectivity index (χ4n) is 2.16. The maximum Gasteiger partial charge on any atom is 0.0608 e. The Balaban J connectivity index is 2.35. The number of hydrogen-bond acceptors (Lipinski definition) is 2. The van der Waals surface area contributed by atoms with Crippen molar-refractivity contribution < 1.29 is 0 Å². The molecule has 0 aliphatic heterocycles. The highest BCUT2D eigenvalue weighted by atomic mass is 35.5. The van der Waals surface area contributed by atoms with Crippen molar-refractivity contribution in [2.45, 2.75) is 32.9 Å². The van der Waals surface area contributed by atoms with Crippen LogP contribution in [0.2, 0.25) is 10.0 Å². The van der Waals surface area contributed by atoms with Crippen molar-refractivity contribution in [2.75, 3.05) is 6.54 Å². The van der Waals surface area contributed by atoms with Crippen LogP contribution in [-0.4, -0.2) is 16.3 Å². The molecule has 1 atom stereocenters. The molecule has 0 spiro atoms. The van der Waals surface area contributed by atoms with Crippen LogP contribution in [0.1, 0.15) is 37.4 Å². The monoisotopic (exact) mass is 311 g/mol. The van der Waals surface area contributed by atoms with Crippen LogP contribution >= 0.6 is 23.2 Å². The van der Waals surface area contributed by atoms with Gasteiger partial charge in [-0.3, -0.25) is 4.68 Å². The summed E-state index contributed by atoms with van der Waals surface area (Å²) in [5.41, 5.74) is 2.19. The molecular weight excluding hydrogens is 293 g/mol. The summed E-state index contributed by atoms with van der Waals surface area (Å²) in [7, 11) is 0. The average Bonchev–Trinajstić information content (AvgIpc) is 2.87. The van der Waals surface area contributed by atoms with Crippen LogP contribution in [0.15, 0.2) is 30.6 Å². The summed E-state index contributed by atoms with van der Waals surface area (Å²) < 4.78 is 1.92. The molecule has 0 saturated carbocycles. The van der Waals surface area contributed by atoms with E-state index in [0.29, 0.717) is 10.0 Å². The number of nitrogens with one attached hydrogen (secondary N) is 1. The minimum absolute atomic E-state index is 0.0615. The summed E-state index contributed by atoms with van der Waals surface area (Å²) in [6.45, 7) is 5.99. The van der Waals surface area contributed by atoms with E-state index in [-0.39, 0.29) is 6.04 Å². The number of aromatic nitrogens is 2. The second-order valence-electron chi connectivity index (χ2n) is 4.72. The van der Waals surface area contributed by atoms with Crippen LogP contribution in [0, 0.1) is 0 Å². The fraction of sp³-hybridized carbons (Fsp3) is 0.400. The van der Waals surface area contributed by atoms with Crippen LogP contribution in [0.25, 0.3) is 0 Å². The zero-order valence-corrected chi connectivity index (χ0v) is 13.2. The molecule has 20 heavy (non-hydrogen) atoms. The first-order chi connectivity index (χ1) is 9.63. The zero-order chi connectivity index (χ0) is 14.5. The number of halogens is 2. The molecule has 5 heteroatoms. The molecule has 2 aromatic rings. The summed E-state index contributed by atoms with van der Waals surface area (Å²) in [6, 6.07) is 5.71. The molecular formula is C15H19Cl2N3. The fourth-order valence-corrected chi connectivity index (χ4v) is 2.70. The van der Waals surface area contributed by atoms with E-state index in [0.717, 1.165) is 30.6 Å². The van der Waals surface area contributed by atoms with Gasteiger partial charge < -0.3 is 5.32 Å². The minimum atomic E-state index is 0.0615. The minimum Gasteiger partial charge on any atom is -0.306 e. The van der Waals surface area contributed by atoms with Gasteiger partial charge in [-0.05, 0) is 43.7 Å². The number of nitrogens with zero attached hydrogens (tertiary/aromatic N) is 2. The van der Waals surface area contributed by atoms with Crippen LogP contribution in [-0.2, 0) is 6.54 Å². The van der Waals surface area contributed by atoms with Crippen molar-refractivity contribution in [3.8, 4) is 0 Å². The largest absolute Gasteiger partial charge is 0.306 e. The Hall–Kier alpha value is -1.03. The molecule has 1 unspecified atom stereocenters. The lowest BCUT2D eigenvalue weighted by Gasteiger charge is -2.18. The van der Waals surface area contributed by atoms with E-state index in [4.69, 9.17) is 23.2 Å². The first-order valence-corrected chi connectivity index (χ1v) is 7.61. The smallest absolute Gasteiger partial charge is 0.0608 e. The quantitative estimate of drug-likeness (QED) is 0.862. The Labute approximate surface area is 129 Å². The lowest BCUT2D eigenvalue weighted by Crippen LogP contribution is -2.23. The van der Waals surface area contributed by atoms with Crippen LogP contribution < -0.4 is 5.32 Å². The molecule has 1 aromatic heterocycles. The molecule has 0 amide bonds. The average molecular weight is 312 g/mol. The Kier molecular flexibility index (Phi) is 5.46. The molecule has 0 aliphatic carbocycles. The van der Waals surface area contributed by atoms with Crippen molar-refractivity contribution in [1.82, 2.24) is 15.1 Å². The van der Waals surface area contributed by atoms with Crippen LogP contribution in [0.4, 0.5) is 0 Å². The van der Waals surface area contributed by atoms with Crippen molar-refractivity contribution >= 4 is 23.2 Å². The molecule has 1 N–H and O–H groups in total. The molecule has 108 valence electrons. The van der Waals surface area contributed by atoms with E-state index < -0.39 is 0 Å². The molecule has 2 rings (SSSR count). The Bertz CT molecular complexity index is 546. The van der Waals surface area contributed by atoms with Gasteiger partial charge in [0.1, 0.15) is 0 Å². The third kappa shape index (κ3) is 3.75. The summed E-state index contributed by atoms with van der Waals surface area (Å²) in [6.07, 6.45) is 5.01. The first-order valence-electron chi connectivity index (χ1n) is 6.85. The molecule has 0 bridgehead atoms. The van der Waals surface area contributed by atoms with Gasteiger partial charge in [-0.2, -0.15) is 5.10 Å². The highest BCUT2D eigenvalue weighted by molar-refractivity contribution is 6.34. The lowest BCUT2D eigenvalue weighted by molar-refractivity contribution is 0.596. The van der Waals surface area contributed by atoms with Gasteiger partial charge in [-0.1, -0.05) is 30.1 Å². The first kappa shape index (κ1) is 15.4. The van der Waals surface area contributed by atoms with Gasteiger partial charge in [0.25, 0.3) is 0 Å². The normalized spacial score (nSPS) is 12.6. The van der Waals surface area contributed by atoms with E-state index in [2.05, 4.69) is 30.5 Å². The van der Waals surface area contributed by atoms with Crippen LogP contribution in [0.5, 0.6) is 0 Å². The van der Waals surface area contributed by atoms with Gasteiger partial charge in [0.15, 0.2) is 0 Å². The van der Waals surface area contributed by atoms with Crippen molar-refractivity contribution in [3.63, 3.8) is 0 Å². The maximum atomic E-state index is 6.12. The van der Waals surface area contributed by atoms with Crippen molar-refractivity contribution in [1.29, 1.82) is 0 Å². The molecule has 1 heterocycles. The summed E-state index contributed by atoms with van der Waals surface area (Å²) in [5.74, 6) is 0. The molecule has 3 nitrogen and oxygen atoms in total. The van der Waals surface area contributed by atoms with Crippen LogP contribution in [0.3, 0.4) is 0 Å². The van der Waals surface area contributed by atoms with Gasteiger partial charge in [0, 0.05) is 28.4 Å². The number of benzene rings is 1. The van der Waals surface area contributed by atoms with Gasteiger partial charge in [0.05, 0.1) is 12.2 Å². The van der Waals surface area contributed by atoms with E-state index in [1.807, 2.05) is 23.0 Å². The van der Waals surface area contributed by atoms with Gasteiger partial charge in [-0.25, -0.2) is 0 Å². The number of aryl methyl sites for hydroxylation is 1. The van der Waals surface area contributed by atoms with Gasteiger partial charge in [-0.15, -0.1) is 0 Å². The zero-order valence-electron chi connectivity index (χ0n) is 11.7. The third-order valence-electron chi connectivity index (χ3n) is 3.13. The summed E-state index contributed by atoms with van der Waals surface area (Å²) in [4.78, 5) is 0. The topological polar surface area (TPSA) is 29.9 Å². The molecule has 0 saturated heterocycles. The second kappa shape index (κ2) is 7.11. The number of hydrogen-bond donors (Lipinski definition) is 1. The predicted molar refractivity (Wildman–Crippen MR) is 84.5 cm³/mol. The van der Waals surface area contributed by atoms with Gasteiger partial charge in [0.2, 0.25) is 0 Å². The molecule has 1 aromatic carbocycles. The highest BCUT2D eigenvalue weighted by Crippen LogP contribution is 2.27. The Morgan fingerprint density at radius 3 is 2.40 bits per heavy atom. The van der Waals surface area contributed by atoms with Gasteiger partial charge >= 0.3 is 0 Å². The molecule has 0 radical (unpaired) electrons. The lowest BCUT2D eigenvalue weighted by atomic mass is 10.0. The van der Waals surface area contributed by atoms with E-state index in [9.17, 15) is 0 Å². The SMILES string of the molecule is CCCNC(c1cc(Cl)cc(Cl)c1)c1cnn(CC)c1. The molecule has 0 fully saturated rings. The van der Waals surface area contributed by atoms with Crippen molar-refractivity contribution in [2.24, 2.45) is 0 Å². The summed E-state index contributed by atoms with van der Waals surface area (Å²) >= 11 is 12.2. The van der Waals surface area contributed by atoms with E-state index in [1.54, 1.807) is 6.07 Å². The maximum absolute atomic E-state index is 6.12. The standard InChI is InChI=1S/C15H19Cl2N3/c1-3-5-18-15(12-9-19-20(4-2)10-12)11-6-13(16)8-14(17)7-11/h6-10,15,18H,3-5H2,1-2H3. The third-order valence-corrected chi connectivity index (χ3v) is 3.56. The summed E-state index contributed by atoms with van der Waals surface area (Å²) in [5, 5.41) is 9.17. The predicted octanol–water partition coefficient (Wildman–Crippen LogP) is 4.30. The Morgan fingerprint density at radius 2 is 1.85 bits per heavy atom. The molecule has 0 aliphatic rings. The number of rotatable bonds is 6. The Morgan fingerprint density at radius 1 is 1.15 bits per heavy atom. The highest BCUT2D eigenvalue weighted by Gasteiger charge is 2.16. The second-order valence-corrected chi connectivity index (χ2v) is 5.59. The van der Waals surface area contributed by atoms with E-state index >= 15 is 0 Å². The van der Waals surface area contributed by atoms with Crippen molar-refractivity contribution in [3.05, 3.63) is 51.8 Å².